The lowest BCUT2D eigenvalue weighted by molar-refractivity contribution is 0.0739. The van der Waals surface area contributed by atoms with Gasteiger partial charge in [0, 0.05) is 17.3 Å². The summed E-state index contributed by atoms with van der Waals surface area (Å²) in [5, 5.41) is 0. The number of hydrogen-bond acceptors (Lipinski definition) is 6. The Labute approximate surface area is 135 Å². The molecule has 3 rings (SSSR count). The molecule has 7 heteroatoms. The van der Waals surface area contributed by atoms with Crippen molar-refractivity contribution in [2.75, 3.05) is 0 Å². The summed E-state index contributed by atoms with van der Waals surface area (Å²) in [7, 11) is 0. The molecule has 1 aromatic carbocycles. The van der Waals surface area contributed by atoms with Gasteiger partial charge in [0.2, 0.25) is 0 Å². The third-order valence-corrected chi connectivity index (χ3v) is 4.03. The monoisotopic (exact) mass is 327 g/mol. The quantitative estimate of drug-likeness (QED) is 0.590. The van der Waals surface area contributed by atoms with Gasteiger partial charge in [-0.2, -0.15) is 0 Å². The summed E-state index contributed by atoms with van der Waals surface area (Å²) in [6, 6.07) is 8.27. The number of hydrogen-bond donors (Lipinski definition) is 1. The van der Waals surface area contributed by atoms with Crippen LogP contribution in [0.2, 0.25) is 0 Å². The van der Waals surface area contributed by atoms with Crippen LogP contribution in [0.1, 0.15) is 21.1 Å². The van der Waals surface area contributed by atoms with E-state index in [-0.39, 0.29) is 5.56 Å². The van der Waals surface area contributed by atoms with Crippen LogP contribution in [0.15, 0.2) is 40.6 Å². The molecule has 23 heavy (non-hydrogen) atoms. The third-order valence-electron chi connectivity index (χ3n) is 3.12. The molecule has 6 nitrogen and oxygen atoms in total. The number of thiazole rings is 1. The number of benzene rings is 1. The molecule has 0 unspecified atom stereocenters. The summed E-state index contributed by atoms with van der Waals surface area (Å²) >= 11 is 1.24. The van der Waals surface area contributed by atoms with Gasteiger partial charge < -0.3 is 9.72 Å². The Kier molecular flexibility index (Phi) is 4.03. The van der Waals surface area contributed by atoms with E-state index in [1.807, 2.05) is 0 Å². The molecule has 0 radical (unpaired) electrons. The lowest BCUT2D eigenvalue weighted by Crippen LogP contribution is -2.09. The molecular formula is C16H13N3O3S. The van der Waals surface area contributed by atoms with Crippen LogP contribution in [0.3, 0.4) is 0 Å². The molecule has 0 aliphatic carbocycles. The number of aromatic amines is 1. The van der Waals surface area contributed by atoms with E-state index in [0.29, 0.717) is 33.4 Å². The Morgan fingerprint density at radius 2 is 2.09 bits per heavy atom. The Balaban J connectivity index is 1.90. The number of rotatable bonds is 3. The van der Waals surface area contributed by atoms with Crippen molar-refractivity contribution in [3.05, 3.63) is 62.5 Å². The molecule has 2 aromatic heterocycles. The first-order valence-corrected chi connectivity index (χ1v) is 7.71. The zero-order chi connectivity index (χ0) is 16.4. The zero-order valence-electron chi connectivity index (χ0n) is 12.5. The van der Waals surface area contributed by atoms with Crippen LogP contribution >= 0.6 is 11.3 Å². The number of aromatic nitrogens is 3. The van der Waals surface area contributed by atoms with Crippen LogP contribution in [0.25, 0.3) is 11.4 Å². The molecule has 1 N–H and O–H groups in total. The number of esters is 1. The second kappa shape index (κ2) is 6.13. The van der Waals surface area contributed by atoms with Crippen molar-refractivity contribution in [2.24, 2.45) is 0 Å². The van der Waals surface area contributed by atoms with E-state index in [2.05, 4.69) is 15.0 Å². The molecule has 0 spiro atoms. The van der Waals surface area contributed by atoms with Crippen LogP contribution in [0.4, 0.5) is 0 Å². The van der Waals surface area contributed by atoms with Gasteiger partial charge in [-0.25, -0.2) is 14.8 Å². The van der Waals surface area contributed by atoms with Gasteiger partial charge in [-0.1, -0.05) is 12.1 Å². The number of carbonyl (C=O) groups is 1. The first kappa shape index (κ1) is 15.1. The van der Waals surface area contributed by atoms with Crippen LogP contribution < -0.4 is 10.3 Å². The van der Waals surface area contributed by atoms with Crippen molar-refractivity contribution in [1.29, 1.82) is 0 Å². The second-order valence-electron chi connectivity index (χ2n) is 4.92. The van der Waals surface area contributed by atoms with Gasteiger partial charge in [-0.05, 0) is 26.0 Å². The number of nitrogens with zero attached hydrogens (tertiary/aromatic N) is 2. The summed E-state index contributed by atoms with van der Waals surface area (Å²) in [5.41, 5.74) is 3.29. The minimum atomic E-state index is -0.451. The summed E-state index contributed by atoms with van der Waals surface area (Å²) < 4.78 is 5.37. The molecule has 0 bridgehead atoms. The van der Waals surface area contributed by atoms with Crippen LogP contribution in [-0.4, -0.2) is 20.9 Å². The highest BCUT2D eigenvalue weighted by Crippen LogP contribution is 2.22. The zero-order valence-corrected chi connectivity index (χ0v) is 13.3. The van der Waals surface area contributed by atoms with Crippen molar-refractivity contribution >= 4 is 17.3 Å². The largest absolute Gasteiger partial charge is 0.422 e. The van der Waals surface area contributed by atoms with Crippen molar-refractivity contribution in [2.45, 2.75) is 13.8 Å². The van der Waals surface area contributed by atoms with E-state index < -0.39 is 5.97 Å². The van der Waals surface area contributed by atoms with Crippen LogP contribution in [0, 0.1) is 13.8 Å². The number of carbonyl (C=O) groups excluding carboxylic acids is 1. The maximum absolute atomic E-state index is 12.1. The Hall–Kier alpha value is -2.80. The van der Waals surface area contributed by atoms with Gasteiger partial charge in [-0.3, -0.25) is 4.79 Å². The normalized spacial score (nSPS) is 10.5. The first-order chi connectivity index (χ1) is 11.0. The first-order valence-electron chi connectivity index (χ1n) is 6.83. The highest BCUT2D eigenvalue weighted by Gasteiger charge is 2.14. The molecule has 116 valence electrons. The Morgan fingerprint density at radius 1 is 1.26 bits per heavy atom. The molecule has 0 saturated heterocycles. The predicted molar refractivity (Wildman–Crippen MR) is 86.8 cm³/mol. The highest BCUT2D eigenvalue weighted by molar-refractivity contribution is 7.11. The minimum Gasteiger partial charge on any atom is -0.422 e. The van der Waals surface area contributed by atoms with Gasteiger partial charge in [0.15, 0.2) is 0 Å². The van der Waals surface area contributed by atoms with Crippen molar-refractivity contribution in [3.63, 3.8) is 0 Å². The maximum Gasteiger partial charge on any atom is 0.355 e. The molecule has 0 amide bonds. The van der Waals surface area contributed by atoms with E-state index in [1.165, 1.54) is 17.4 Å². The maximum atomic E-state index is 12.1. The number of aryl methyl sites for hydroxylation is 2. The third kappa shape index (κ3) is 3.35. The molecule has 0 aliphatic rings. The van der Waals surface area contributed by atoms with Gasteiger partial charge in [0.25, 0.3) is 5.56 Å². The SMILES string of the molecule is Cc1cc(=O)[nH]c(-c2cccc(OC(=O)c3scnc3C)c2)n1. The fourth-order valence-electron chi connectivity index (χ4n) is 2.07. The molecular weight excluding hydrogens is 314 g/mol. The molecule has 0 atom stereocenters. The summed E-state index contributed by atoms with van der Waals surface area (Å²) in [6.45, 7) is 3.50. The lowest BCUT2D eigenvalue weighted by atomic mass is 10.2. The number of H-pyrrole nitrogens is 1. The van der Waals surface area contributed by atoms with E-state index >= 15 is 0 Å². The fourth-order valence-corrected chi connectivity index (χ4v) is 2.75. The smallest absolute Gasteiger partial charge is 0.355 e. The van der Waals surface area contributed by atoms with E-state index in [4.69, 9.17) is 4.74 Å². The van der Waals surface area contributed by atoms with Crippen molar-refractivity contribution in [3.8, 4) is 17.1 Å². The second-order valence-corrected chi connectivity index (χ2v) is 5.77. The average molecular weight is 327 g/mol. The van der Waals surface area contributed by atoms with Gasteiger partial charge in [0.05, 0.1) is 11.2 Å². The average Bonchev–Trinajstić information content (AvgIpc) is 2.93. The number of ether oxygens (including phenoxy) is 1. The van der Waals surface area contributed by atoms with Gasteiger partial charge in [-0.15, -0.1) is 11.3 Å². The van der Waals surface area contributed by atoms with E-state index in [0.717, 1.165) is 0 Å². The molecule has 2 heterocycles. The lowest BCUT2D eigenvalue weighted by Gasteiger charge is -2.06. The topological polar surface area (TPSA) is 84.9 Å². The Bertz CT molecular complexity index is 930. The predicted octanol–water partition coefficient (Wildman–Crippen LogP) is 2.73. The number of nitrogens with one attached hydrogen (secondary N) is 1. The van der Waals surface area contributed by atoms with Gasteiger partial charge >= 0.3 is 5.97 Å². The fraction of sp³-hybridized carbons (Fsp3) is 0.125. The molecule has 0 saturated carbocycles. The molecule has 0 fully saturated rings. The van der Waals surface area contributed by atoms with E-state index in [1.54, 1.807) is 43.6 Å². The van der Waals surface area contributed by atoms with E-state index in [9.17, 15) is 9.59 Å². The van der Waals surface area contributed by atoms with Crippen LogP contribution in [-0.2, 0) is 0 Å². The minimum absolute atomic E-state index is 0.227. The summed E-state index contributed by atoms with van der Waals surface area (Å²) in [4.78, 5) is 35.1. The standard InChI is InChI=1S/C16H13N3O3S/c1-9-6-13(20)19-15(18-9)11-4-3-5-12(7-11)22-16(21)14-10(2)17-8-23-14/h3-8H,1-2H3,(H,18,19,20). The summed E-state index contributed by atoms with van der Waals surface area (Å²) in [5.74, 6) is 0.360. The summed E-state index contributed by atoms with van der Waals surface area (Å²) in [6.07, 6.45) is 0. The van der Waals surface area contributed by atoms with Gasteiger partial charge in [0.1, 0.15) is 16.5 Å². The molecule has 3 aromatic rings. The van der Waals surface area contributed by atoms with Crippen molar-refractivity contribution in [1.82, 2.24) is 15.0 Å². The highest BCUT2D eigenvalue weighted by atomic mass is 32.1. The van der Waals surface area contributed by atoms with Crippen molar-refractivity contribution < 1.29 is 9.53 Å². The van der Waals surface area contributed by atoms with Crippen LogP contribution in [0.5, 0.6) is 5.75 Å². The molecule has 0 aliphatic heterocycles. The Morgan fingerprint density at radius 3 is 2.78 bits per heavy atom.